The second kappa shape index (κ2) is 16.0. The number of carbonyl (C=O) groups excluding carboxylic acids is 3. The average molecular weight is 622 g/mol. The third-order valence-electron chi connectivity index (χ3n) is 6.75. The van der Waals surface area contributed by atoms with E-state index in [2.05, 4.69) is 11.2 Å². The van der Waals surface area contributed by atoms with Crippen LogP contribution in [0.2, 0.25) is 0 Å². The summed E-state index contributed by atoms with van der Waals surface area (Å²) in [4.78, 5) is 52.3. The molecule has 1 N–H and O–H groups in total. The van der Waals surface area contributed by atoms with Gasteiger partial charge in [-0.3, -0.25) is 24.6 Å². The van der Waals surface area contributed by atoms with E-state index in [1.165, 1.54) is 17.8 Å². The Morgan fingerprint density at radius 1 is 0.889 bits per heavy atom. The van der Waals surface area contributed by atoms with Crippen molar-refractivity contribution in [3.8, 4) is 12.3 Å². The number of nitro groups is 1. The second-order valence-corrected chi connectivity index (χ2v) is 11.1. The first kappa shape index (κ1) is 32.7. The Hall–Kier alpha value is -5.24. The molecule has 0 bridgehead atoms. The lowest BCUT2D eigenvalue weighted by molar-refractivity contribution is -0.387. The van der Waals surface area contributed by atoms with Gasteiger partial charge in [0.05, 0.1) is 21.9 Å². The van der Waals surface area contributed by atoms with Crippen LogP contribution in [0, 0.1) is 29.4 Å². The van der Waals surface area contributed by atoms with Crippen LogP contribution >= 0.6 is 11.8 Å². The number of ketones is 1. The summed E-state index contributed by atoms with van der Waals surface area (Å²) >= 11 is 1.26. The zero-order valence-corrected chi connectivity index (χ0v) is 25.4. The predicted molar refractivity (Wildman–Crippen MR) is 173 cm³/mol. The first-order valence-electron chi connectivity index (χ1n) is 14.1. The van der Waals surface area contributed by atoms with Crippen molar-refractivity contribution < 1.29 is 24.0 Å². The summed E-state index contributed by atoms with van der Waals surface area (Å²) in [6.07, 6.45) is 5.50. The average Bonchev–Trinajstić information content (AvgIpc) is 3.06. The van der Waals surface area contributed by atoms with Gasteiger partial charge in [0.2, 0.25) is 0 Å². The van der Waals surface area contributed by atoms with Crippen molar-refractivity contribution in [2.45, 2.75) is 16.7 Å². The fourth-order valence-corrected chi connectivity index (χ4v) is 5.21. The van der Waals surface area contributed by atoms with Gasteiger partial charge in [-0.2, -0.15) is 0 Å². The van der Waals surface area contributed by atoms with Crippen LogP contribution in [-0.4, -0.2) is 60.3 Å². The van der Waals surface area contributed by atoms with Gasteiger partial charge in [0, 0.05) is 47.3 Å². The van der Waals surface area contributed by atoms with Gasteiger partial charge in [-0.1, -0.05) is 77.8 Å². The van der Waals surface area contributed by atoms with Crippen LogP contribution < -0.4 is 5.32 Å². The van der Waals surface area contributed by atoms with Crippen molar-refractivity contribution in [2.75, 3.05) is 32.8 Å². The third kappa shape index (κ3) is 9.37. The van der Waals surface area contributed by atoms with Crippen LogP contribution in [0.4, 0.5) is 5.69 Å². The lowest BCUT2D eigenvalue weighted by Gasteiger charge is -2.20. The first-order valence-corrected chi connectivity index (χ1v) is 14.9. The molecule has 4 aromatic carbocycles. The van der Waals surface area contributed by atoms with E-state index in [-0.39, 0.29) is 36.7 Å². The molecule has 0 aliphatic heterocycles. The number of terminal acetylenes is 1. The SMILES string of the molecule is C#CCN(CCNC(=O)c1ccc(Sc2ccc(C)cc2)c([N+](=O)[O-])c1)CCOC(=O)c1ccc(C(=O)c2ccccc2)cc1. The minimum atomic E-state index is -0.534. The van der Waals surface area contributed by atoms with Gasteiger partial charge in [0.15, 0.2) is 5.78 Å². The number of nitrogens with zero attached hydrogens (tertiary/aromatic N) is 2. The van der Waals surface area contributed by atoms with Crippen LogP contribution in [0.25, 0.3) is 0 Å². The molecule has 1 amide bonds. The Bertz CT molecular complexity index is 1700. The lowest BCUT2D eigenvalue weighted by Crippen LogP contribution is -2.37. The van der Waals surface area contributed by atoms with E-state index in [1.807, 2.05) is 42.2 Å². The molecular formula is C35H31N3O6S. The zero-order valence-electron chi connectivity index (χ0n) is 24.6. The summed E-state index contributed by atoms with van der Waals surface area (Å²) in [5, 5.41) is 14.5. The maximum Gasteiger partial charge on any atom is 0.338 e. The standard InChI is InChI=1S/C35H31N3O6S/c1-3-20-37(22-23-44-35(41)28-13-11-27(12-14-28)33(39)26-7-5-4-6-8-26)21-19-36-34(40)29-15-18-32(31(24-29)38(42)43)45-30-16-9-25(2)10-17-30/h1,4-18,24H,19-23H2,2H3,(H,36,40). The molecule has 45 heavy (non-hydrogen) atoms. The number of carbonyl (C=O) groups is 3. The van der Waals surface area contributed by atoms with Crippen molar-refractivity contribution >= 4 is 35.1 Å². The Labute approximate surface area is 265 Å². The summed E-state index contributed by atoms with van der Waals surface area (Å²) in [6.45, 7) is 3.20. The second-order valence-electron chi connectivity index (χ2n) is 10.00. The molecule has 0 aromatic heterocycles. The molecule has 0 saturated carbocycles. The van der Waals surface area contributed by atoms with E-state index in [1.54, 1.807) is 60.7 Å². The topological polar surface area (TPSA) is 119 Å². The van der Waals surface area contributed by atoms with Gasteiger partial charge in [0.1, 0.15) is 6.61 Å². The number of aryl methyl sites for hydroxylation is 1. The molecule has 9 nitrogen and oxygen atoms in total. The van der Waals surface area contributed by atoms with E-state index < -0.39 is 16.8 Å². The number of rotatable bonds is 14. The molecule has 0 unspecified atom stereocenters. The fraction of sp³-hybridized carbons (Fsp3) is 0.171. The summed E-state index contributed by atoms with van der Waals surface area (Å²) in [6, 6.07) is 27.2. The van der Waals surface area contributed by atoms with Crippen LogP contribution in [0.5, 0.6) is 0 Å². The molecule has 4 aromatic rings. The number of nitro benzene ring substituents is 1. The molecule has 0 radical (unpaired) electrons. The molecule has 228 valence electrons. The number of ether oxygens (including phenoxy) is 1. The Morgan fingerprint density at radius 3 is 2.20 bits per heavy atom. The molecular weight excluding hydrogens is 590 g/mol. The molecule has 0 saturated heterocycles. The van der Waals surface area contributed by atoms with Crippen LogP contribution in [0.1, 0.15) is 42.2 Å². The van der Waals surface area contributed by atoms with Crippen molar-refractivity contribution in [3.05, 3.63) is 135 Å². The quantitative estimate of drug-likeness (QED) is 0.0617. The number of amides is 1. The highest BCUT2D eigenvalue weighted by Gasteiger charge is 2.19. The van der Waals surface area contributed by atoms with Crippen LogP contribution in [0.15, 0.2) is 107 Å². The number of benzene rings is 4. The zero-order chi connectivity index (χ0) is 32.2. The smallest absolute Gasteiger partial charge is 0.338 e. The number of esters is 1. The molecule has 0 aliphatic rings. The highest BCUT2D eigenvalue weighted by atomic mass is 32.2. The van der Waals surface area contributed by atoms with E-state index in [9.17, 15) is 24.5 Å². The van der Waals surface area contributed by atoms with Crippen molar-refractivity contribution in [1.82, 2.24) is 10.2 Å². The van der Waals surface area contributed by atoms with Crippen molar-refractivity contribution in [3.63, 3.8) is 0 Å². The normalized spacial score (nSPS) is 10.6. The van der Waals surface area contributed by atoms with Crippen LogP contribution in [-0.2, 0) is 4.74 Å². The summed E-state index contributed by atoms with van der Waals surface area (Å²) in [7, 11) is 0. The van der Waals surface area contributed by atoms with Gasteiger partial charge in [-0.15, -0.1) is 6.42 Å². The van der Waals surface area contributed by atoms with Crippen LogP contribution in [0.3, 0.4) is 0 Å². The maximum absolute atomic E-state index is 12.8. The van der Waals surface area contributed by atoms with Gasteiger partial charge in [0.25, 0.3) is 11.6 Å². The molecule has 0 fully saturated rings. The van der Waals surface area contributed by atoms with Gasteiger partial charge in [-0.25, -0.2) is 4.79 Å². The minimum Gasteiger partial charge on any atom is -0.461 e. The largest absolute Gasteiger partial charge is 0.461 e. The maximum atomic E-state index is 12.8. The highest BCUT2D eigenvalue weighted by molar-refractivity contribution is 7.99. The van der Waals surface area contributed by atoms with E-state index in [0.29, 0.717) is 34.7 Å². The Morgan fingerprint density at radius 2 is 1.53 bits per heavy atom. The summed E-state index contributed by atoms with van der Waals surface area (Å²) < 4.78 is 5.39. The Balaban J connectivity index is 1.25. The first-order chi connectivity index (χ1) is 21.7. The lowest BCUT2D eigenvalue weighted by atomic mass is 10.0. The van der Waals surface area contributed by atoms with E-state index in [4.69, 9.17) is 11.2 Å². The molecule has 0 aliphatic carbocycles. The highest BCUT2D eigenvalue weighted by Crippen LogP contribution is 2.35. The van der Waals surface area contributed by atoms with Gasteiger partial charge >= 0.3 is 5.97 Å². The predicted octanol–water partition coefficient (Wildman–Crippen LogP) is 5.81. The molecule has 0 atom stereocenters. The number of hydrogen-bond acceptors (Lipinski definition) is 8. The van der Waals surface area contributed by atoms with Crippen molar-refractivity contribution in [2.24, 2.45) is 0 Å². The monoisotopic (exact) mass is 621 g/mol. The van der Waals surface area contributed by atoms with Gasteiger partial charge < -0.3 is 10.1 Å². The van der Waals surface area contributed by atoms with E-state index >= 15 is 0 Å². The van der Waals surface area contributed by atoms with E-state index in [0.717, 1.165) is 10.5 Å². The molecule has 0 heterocycles. The molecule has 4 rings (SSSR count). The summed E-state index contributed by atoms with van der Waals surface area (Å²) in [5.74, 6) is 1.42. The van der Waals surface area contributed by atoms with Gasteiger partial charge in [-0.05, 0) is 43.3 Å². The molecule has 0 spiro atoms. The third-order valence-corrected chi connectivity index (χ3v) is 7.83. The molecule has 10 heteroatoms. The fourth-order valence-electron chi connectivity index (χ4n) is 4.31. The minimum absolute atomic E-state index is 0.0610. The number of nitrogens with one attached hydrogen (secondary N) is 1. The van der Waals surface area contributed by atoms with Crippen molar-refractivity contribution in [1.29, 1.82) is 0 Å². The summed E-state index contributed by atoms with van der Waals surface area (Å²) in [5.41, 5.74) is 2.44. The Kier molecular flexibility index (Phi) is 11.6. The number of hydrogen-bond donors (Lipinski definition) is 1.